The van der Waals surface area contributed by atoms with Crippen molar-refractivity contribution in [1.82, 2.24) is 4.98 Å². The largest absolute Gasteiger partial charge is 0.392 e. The number of aliphatic hydroxyl groups excluding tert-OH is 1. The van der Waals surface area contributed by atoms with Crippen LogP contribution in [0.1, 0.15) is 46.6 Å². The molecule has 0 aliphatic heterocycles. The van der Waals surface area contributed by atoms with Crippen molar-refractivity contribution >= 4 is 22.9 Å². The van der Waals surface area contributed by atoms with E-state index in [1.54, 1.807) is 12.3 Å². The number of aryl methyl sites for hydroxylation is 1. The van der Waals surface area contributed by atoms with Crippen LogP contribution in [0.4, 0.5) is 5.69 Å². The Hall–Kier alpha value is -1.72. The Morgan fingerprint density at radius 3 is 2.67 bits per heavy atom. The zero-order valence-corrected chi connectivity index (χ0v) is 13.5. The quantitative estimate of drug-likeness (QED) is 0.912. The lowest BCUT2D eigenvalue weighted by molar-refractivity contribution is 0.103. The summed E-state index contributed by atoms with van der Waals surface area (Å²) >= 11 is 1.41. The number of rotatable bonds is 3. The van der Waals surface area contributed by atoms with E-state index in [-0.39, 0.29) is 17.9 Å². The van der Waals surface area contributed by atoms with Crippen LogP contribution < -0.4 is 5.32 Å². The third kappa shape index (κ3) is 3.68. The van der Waals surface area contributed by atoms with Crippen LogP contribution in [0.25, 0.3) is 0 Å². The molecule has 2 N–H and O–H groups in total. The summed E-state index contributed by atoms with van der Waals surface area (Å²) in [6, 6.07) is 5.52. The fourth-order valence-electron chi connectivity index (χ4n) is 1.81. The van der Waals surface area contributed by atoms with Gasteiger partial charge in [-0.25, -0.2) is 4.98 Å². The molecule has 0 aliphatic carbocycles. The van der Waals surface area contributed by atoms with Crippen molar-refractivity contribution in [1.29, 1.82) is 0 Å². The van der Waals surface area contributed by atoms with Gasteiger partial charge in [-0.05, 0) is 24.1 Å². The summed E-state index contributed by atoms with van der Waals surface area (Å²) in [6.07, 6.45) is 1.62. The molecule has 112 valence electrons. The van der Waals surface area contributed by atoms with Gasteiger partial charge in [0.25, 0.3) is 5.91 Å². The van der Waals surface area contributed by atoms with Gasteiger partial charge in [-0.15, -0.1) is 11.3 Å². The Bertz CT molecular complexity index is 657. The highest BCUT2D eigenvalue weighted by atomic mass is 32.1. The second-order valence-electron chi connectivity index (χ2n) is 6.04. The molecule has 0 atom stereocenters. The summed E-state index contributed by atoms with van der Waals surface area (Å²) in [5.74, 6) is -0.166. The molecule has 5 heteroatoms. The third-order valence-electron chi connectivity index (χ3n) is 3.10. The summed E-state index contributed by atoms with van der Waals surface area (Å²) in [7, 11) is 0. The summed E-state index contributed by atoms with van der Waals surface area (Å²) in [4.78, 5) is 17.2. The van der Waals surface area contributed by atoms with Crippen molar-refractivity contribution in [3.05, 3.63) is 45.4 Å². The van der Waals surface area contributed by atoms with Gasteiger partial charge >= 0.3 is 0 Å². The zero-order chi connectivity index (χ0) is 15.6. The number of anilines is 1. The summed E-state index contributed by atoms with van der Waals surface area (Å²) in [5.41, 5.74) is 2.39. The van der Waals surface area contributed by atoms with E-state index in [9.17, 15) is 9.90 Å². The maximum atomic E-state index is 12.3. The monoisotopic (exact) mass is 304 g/mol. The van der Waals surface area contributed by atoms with Crippen molar-refractivity contribution in [2.24, 2.45) is 0 Å². The Morgan fingerprint density at radius 2 is 2.10 bits per heavy atom. The zero-order valence-electron chi connectivity index (χ0n) is 12.7. The van der Waals surface area contributed by atoms with Gasteiger partial charge < -0.3 is 10.4 Å². The maximum absolute atomic E-state index is 12.3. The first-order valence-corrected chi connectivity index (χ1v) is 7.61. The van der Waals surface area contributed by atoms with E-state index in [0.717, 1.165) is 21.8 Å². The van der Waals surface area contributed by atoms with Gasteiger partial charge in [-0.1, -0.05) is 32.9 Å². The molecule has 1 heterocycles. The van der Waals surface area contributed by atoms with Crippen molar-refractivity contribution in [3.8, 4) is 0 Å². The number of nitrogens with zero attached hydrogens (tertiary/aromatic N) is 1. The smallest absolute Gasteiger partial charge is 0.267 e. The van der Waals surface area contributed by atoms with Crippen LogP contribution in [0.3, 0.4) is 0 Å². The van der Waals surface area contributed by atoms with Crippen molar-refractivity contribution in [2.45, 2.75) is 39.7 Å². The lowest BCUT2D eigenvalue weighted by Crippen LogP contribution is -2.12. The van der Waals surface area contributed by atoms with Crippen LogP contribution in [0, 0.1) is 6.92 Å². The molecule has 0 saturated heterocycles. The molecule has 2 aromatic rings. The van der Waals surface area contributed by atoms with Gasteiger partial charge in [0.15, 0.2) is 0 Å². The predicted molar refractivity (Wildman–Crippen MR) is 85.9 cm³/mol. The van der Waals surface area contributed by atoms with E-state index in [2.05, 4.69) is 31.1 Å². The molecular weight excluding hydrogens is 284 g/mol. The molecule has 0 aliphatic rings. The lowest BCUT2D eigenvalue weighted by Gasteiger charge is -2.13. The Labute approximate surface area is 128 Å². The van der Waals surface area contributed by atoms with Crippen LogP contribution >= 0.6 is 11.3 Å². The van der Waals surface area contributed by atoms with Crippen molar-refractivity contribution in [2.75, 3.05) is 5.32 Å². The Balaban J connectivity index is 2.20. The molecule has 4 nitrogen and oxygen atoms in total. The minimum atomic E-state index is -0.166. The number of amides is 1. The number of aromatic nitrogens is 1. The number of hydrogen-bond donors (Lipinski definition) is 2. The number of hydrogen-bond acceptors (Lipinski definition) is 4. The highest BCUT2D eigenvalue weighted by Crippen LogP contribution is 2.27. The number of aliphatic hydroxyl groups is 1. The van der Waals surface area contributed by atoms with E-state index in [4.69, 9.17) is 0 Å². The highest BCUT2D eigenvalue weighted by Gasteiger charge is 2.20. The van der Waals surface area contributed by atoms with Crippen LogP contribution in [0.15, 0.2) is 24.4 Å². The first kappa shape index (κ1) is 15.7. The van der Waals surface area contributed by atoms with Crippen LogP contribution in [0.5, 0.6) is 0 Å². The molecule has 1 amide bonds. The Morgan fingerprint density at radius 1 is 1.38 bits per heavy atom. The highest BCUT2D eigenvalue weighted by molar-refractivity contribution is 7.13. The summed E-state index contributed by atoms with van der Waals surface area (Å²) in [6.45, 7) is 8.09. The first-order valence-electron chi connectivity index (χ1n) is 6.79. The molecule has 0 fully saturated rings. The molecule has 0 saturated carbocycles. The number of thiazole rings is 1. The van der Waals surface area contributed by atoms with Gasteiger partial charge in [-0.2, -0.15) is 0 Å². The maximum Gasteiger partial charge on any atom is 0.267 e. The molecule has 1 aromatic heterocycles. The fraction of sp³-hybridized carbons (Fsp3) is 0.375. The number of benzene rings is 1. The van der Waals surface area contributed by atoms with Crippen LogP contribution in [-0.2, 0) is 12.0 Å². The number of carbonyl (C=O) groups excluding carboxylic acids is 1. The molecule has 21 heavy (non-hydrogen) atoms. The minimum absolute atomic E-state index is 0.0438. The molecule has 0 unspecified atom stereocenters. The molecule has 0 spiro atoms. The van der Waals surface area contributed by atoms with Crippen molar-refractivity contribution in [3.63, 3.8) is 0 Å². The second-order valence-corrected chi connectivity index (χ2v) is 7.07. The molecule has 2 rings (SSSR count). The average molecular weight is 304 g/mol. The second kappa shape index (κ2) is 5.95. The van der Waals surface area contributed by atoms with Gasteiger partial charge in [0.1, 0.15) is 4.88 Å². The van der Waals surface area contributed by atoms with E-state index in [1.807, 2.05) is 19.1 Å². The molecule has 1 aromatic carbocycles. The van der Waals surface area contributed by atoms with Crippen LogP contribution in [0.2, 0.25) is 0 Å². The van der Waals surface area contributed by atoms with Gasteiger partial charge in [-0.3, -0.25) is 4.79 Å². The predicted octanol–water partition coefficient (Wildman–Crippen LogP) is 3.49. The molecule has 0 bridgehead atoms. The lowest BCUT2D eigenvalue weighted by atomic mass is 9.98. The third-order valence-corrected chi connectivity index (χ3v) is 4.53. The van der Waals surface area contributed by atoms with E-state index in [1.165, 1.54) is 11.3 Å². The Kier molecular flexibility index (Phi) is 4.44. The average Bonchev–Trinajstić information content (AvgIpc) is 2.91. The SMILES string of the molecule is Cc1ccc(CO)cc1NC(=O)c1cnc(C(C)(C)C)s1. The molecule has 0 radical (unpaired) electrons. The number of carbonyl (C=O) groups is 1. The van der Waals surface area contributed by atoms with E-state index < -0.39 is 0 Å². The van der Waals surface area contributed by atoms with E-state index in [0.29, 0.717) is 4.88 Å². The van der Waals surface area contributed by atoms with E-state index >= 15 is 0 Å². The van der Waals surface area contributed by atoms with Gasteiger partial charge in [0.2, 0.25) is 0 Å². The normalized spacial score (nSPS) is 11.5. The van der Waals surface area contributed by atoms with Gasteiger partial charge in [0, 0.05) is 11.1 Å². The number of nitrogens with one attached hydrogen (secondary N) is 1. The van der Waals surface area contributed by atoms with Gasteiger partial charge in [0.05, 0.1) is 17.8 Å². The van der Waals surface area contributed by atoms with Crippen molar-refractivity contribution < 1.29 is 9.90 Å². The summed E-state index contributed by atoms with van der Waals surface area (Å²) < 4.78 is 0. The summed E-state index contributed by atoms with van der Waals surface area (Å²) in [5, 5.41) is 13.0. The first-order chi connectivity index (χ1) is 9.81. The fourth-order valence-corrected chi connectivity index (χ4v) is 2.68. The standard InChI is InChI=1S/C16H20N2O2S/c1-10-5-6-11(9-19)7-12(10)18-14(20)13-8-17-15(21-13)16(2,3)4/h5-8,19H,9H2,1-4H3,(H,18,20). The minimum Gasteiger partial charge on any atom is -0.392 e. The van der Waals surface area contributed by atoms with Crippen LogP contribution in [-0.4, -0.2) is 16.0 Å². The molecular formula is C16H20N2O2S. The topological polar surface area (TPSA) is 62.2 Å².